The molecule has 108 valence electrons. The zero-order chi connectivity index (χ0) is 14.7. The van der Waals surface area contributed by atoms with Gasteiger partial charge in [0.2, 0.25) is 5.91 Å². The van der Waals surface area contributed by atoms with Gasteiger partial charge in [0.15, 0.2) is 0 Å². The predicted octanol–water partition coefficient (Wildman–Crippen LogP) is 4.16. The van der Waals surface area contributed by atoms with Gasteiger partial charge in [0.1, 0.15) is 0 Å². The third-order valence-electron chi connectivity index (χ3n) is 3.63. The fraction of sp³-hybridized carbons (Fsp3) is 0.235. The minimum Gasteiger partial charge on any atom is -0.311 e. The molecule has 0 radical (unpaired) electrons. The van der Waals surface area contributed by atoms with Crippen LogP contribution in [0.2, 0.25) is 5.02 Å². The van der Waals surface area contributed by atoms with Gasteiger partial charge in [-0.15, -0.1) is 11.8 Å². The molecular formula is C17H16ClNOS. The molecule has 0 N–H and O–H groups in total. The van der Waals surface area contributed by atoms with Crippen LogP contribution in [-0.4, -0.2) is 18.2 Å². The minimum absolute atomic E-state index is 0.178. The summed E-state index contributed by atoms with van der Waals surface area (Å²) in [5, 5.41) is 0.768. The van der Waals surface area contributed by atoms with Crippen molar-refractivity contribution in [2.24, 2.45) is 0 Å². The zero-order valence-electron chi connectivity index (χ0n) is 11.6. The number of halogens is 1. The van der Waals surface area contributed by atoms with E-state index in [4.69, 9.17) is 11.6 Å². The lowest BCUT2D eigenvalue weighted by Gasteiger charge is -2.17. The van der Waals surface area contributed by atoms with Gasteiger partial charge in [-0.1, -0.05) is 48.0 Å². The molecule has 1 aliphatic rings. The number of thioether (sulfide) groups is 1. The average Bonchev–Trinajstić information content (AvgIpc) is 2.93. The fourth-order valence-electron chi connectivity index (χ4n) is 2.54. The number of nitrogens with zero attached hydrogens (tertiary/aromatic N) is 1. The van der Waals surface area contributed by atoms with Crippen molar-refractivity contribution >= 4 is 35.0 Å². The monoisotopic (exact) mass is 317 g/mol. The first-order valence-corrected chi connectivity index (χ1v) is 8.48. The van der Waals surface area contributed by atoms with E-state index in [9.17, 15) is 4.79 Å². The Morgan fingerprint density at radius 2 is 1.90 bits per heavy atom. The molecule has 0 spiro atoms. The van der Waals surface area contributed by atoms with Crippen molar-refractivity contribution in [3.05, 3.63) is 64.7 Å². The van der Waals surface area contributed by atoms with Crippen LogP contribution < -0.4 is 4.90 Å². The van der Waals surface area contributed by atoms with Crippen LogP contribution in [0.5, 0.6) is 0 Å². The first kappa shape index (κ1) is 14.5. The molecule has 0 saturated heterocycles. The van der Waals surface area contributed by atoms with Crippen molar-refractivity contribution in [3.63, 3.8) is 0 Å². The Morgan fingerprint density at radius 1 is 1.14 bits per heavy atom. The Kier molecular flexibility index (Phi) is 4.51. The van der Waals surface area contributed by atoms with Gasteiger partial charge >= 0.3 is 0 Å². The molecule has 0 atom stereocenters. The van der Waals surface area contributed by atoms with Crippen molar-refractivity contribution in [1.82, 2.24) is 0 Å². The Balaban J connectivity index is 1.57. The number of hydrogen-bond acceptors (Lipinski definition) is 2. The second-order valence-electron chi connectivity index (χ2n) is 5.01. The molecule has 2 aromatic carbocycles. The SMILES string of the molecule is O=C(CSCc1ccccc1Cl)N1CCc2ccccc21. The smallest absolute Gasteiger partial charge is 0.237 e. The molecule has 4 heteroatoms. The third-order valence-corrected chi connectivity index (χ3v) is 4.96. The number of hydrogen-bond donors (Lipinski definition) is 0. The number of rotatable bonds is 4. The normalized spacial score (nSPS) is 13.3. The molecule has 1 aliphatic heterocycles. The van der Waals surface area contributed by atoms with Crippen LogP contribution in [0, 0.1) is 0 Å². The van der Waals surface area contributed by atoms with Crippen molar-refractivity contribution in [1.29, 1.82) is 0 Å². The van der Waals surface area contributed by atoms with Crippen molar-refractivity contribution in [2.75, 3.05) is 17.2 Å². The highest BCUT2D eigenvalue weighted by Gasteiger charge is 2.23. The van der Waals surface area contributed by atoms with E-state index in [-0.39, 0.29) is 5.91 Å². The standard InChI is InChI=1S/C17H16ClNOS/c18-15-7-3-1-6-14(15)11-21-12-17(20)19-10-9-13-5-2-4-8-16(13)19/h1-8H,9-12H2. The summed E-state index contributed by atoms with van der Waals surface area (Å²) < 4.78 is 0. The summed E-state index contributed by atoms with van der Waals surface area (Å²) >= 11 is 7.74. The van der Waals surface area contributed by atoms with Gasteiger partial charge in [-0.25, -0.2) is 0 Å². The van der Waals surface area contributed by atoms with Crippen molar-refractivity contribution < 1.29 is 4.79 Å². The van der Waals surface area contributed by atoms with E-state index in [1.54, 1.807) is 11.8 Å². The highest BCUT2D eigenvalue weighted by atomic mass is 35.5. The topological polar surface area (TPSA) is 20.3 Å². The quantitative estimate of drug-likeness (QED) is 0.844. The molecule has 0 fully saturated rings. The first-order chi connectivity index (χ1) is 10.3. The average molecular weight is 318 g/mol. The van der Waals surface area contributed by atoms with Gasteiger partial charge in [0, 0.05) is 23.0 Å². The second-order valence-corrected chi connectivity index (χ2v) is 6.40. The number of carbonyl (C=O) groups is 1. The molecule has 0 unspecified atom stereocenters. The number of amides is 1. The van der Waals surface area contributed by atoms with Gasteiger partial charge in [0.05, 0.1) is 5.75 Å². The number of para-hydroxylation sites is 1. The van der Waals surface area contributed by atoms with E-state index in [2.05, 4.69) is 6.07 Å². The predicted molar refractivity (Wildman–Crippen MR) is 90.1 cm³/mol. The third kappa shape index (κ3) is 3.25. The molecule has 0 saturated carbocycles. The van der Waals surface area contributed by atoms with Gasteiger partial charge in [-0.3, -0.25) is 4.79 Å². The fourth-order valence-corrected chi connectivity index (χ4v) is 3.72. The largest absolute Gasteiger partial charge is 0.311 e. The Labute approximate surface area is 134 Å². The van der Waals surface area contributed by atoms with Gasteiger partial charge in [0.25, 0.3) is 0 Å². The van der Waals surface area contributed by atoms with Crippen LogP contribution in [0.25, 0.3) is 0 Å². The Morgan fingerprint density at radius 3 is 2.76 bits per heavy atom. The lowest BCUT2D eigenvalue weighted by molar-refractivity contribution is -0.116. The summed E-state index contributed by atoms with van der Waals surface area (Å²) in [7, 11) is 0. The van der Waals surface area contributed by atoms with E-state index in [0.717, 1.165) is 35.0 Å². The highest BCUT2D eigenvalue weighted by Crippen LogP contribution is 2.28. The van der Waals surface area contributed by atoms with E-state index >= 15 is 0 Å². The maximum absolute atomic E-state index is 12.4. The van der Waals surface area contributed by atoms with Crippen molar-refractivity contribution in [2.45, 2.75) is 12.2 Å². The van der Waals surface area contributed by atoms with Crippen LogP contribution in [0.15, 0.2) is 48.5 Å². The van der Waals surface area contributed by atoms with E-state index in [0.29, 0.717) is 5.75 Å². The molecule has 1 amide bonds. The number of anilines is 1. The zero-order valence-corrected chi connectivity index (χ0v) is 13.2. The van der Waals surface area contributed by atoms with Crippen LogP contribution in [0.3, 0.4) is 0 Å². The molecule has 3 rings (SSSR count). The van der Waals surface area contributed by atoms with Crippen LogP contribution in [0.4, 0.5) is 5.69 Å². The van der Waals surface area contributed by atoms with E-state index in [1.165, 1.54) is 5.56 Å². The molecule has 0 aromatic heterocycles. The summed E-state index contributed by atoms with van der Waals surface area (Å²) in [6, 6.07) is 15.9. The van der Waals surface area contributed by atoms with Gasteiger partial charge in [-0.2, -0.15) is 0 Å². The molecule has 0 bridgehead atoms. The number of carbonyl (C=O) groups excluding carboxylic acids is 1. The first-order valence-electron chi connectivity index (χ1n) is 6.95. The number of benzene rings is 2. The van der Waals surface area contributed by atoms with E-state index in [1.807, 2.05) is 47.4 Å². The molecule has 2 aromatic rings. The molecular weight excluding hydrogens is 302 g/mol. The van der Waals surface area contributed by atoms with Gasteiger partial charge < -0.3 is 4.90 Å². The van der Waals surface area contributed by atoms with E-state index < -0.39 is 0 Å². The Hall–Kier alpha value is -1.45. The molecule has 0 aliphatic carbocycles. The lowest BCUT2D eigenvalue weighted by atomic mass is 10.2. The van der Waals surface area contributed by atoms with Crippen LogP contribution in [0.1, 0.15) is 11.1 Å². The van der Waals surface area contributed by atoms with Crippen LogP contribution >= 0.6 is 23.4 Å². The summed E-state index contributed by atoms with van der Waals surface area (Å²) in [6.07, 6.45) is 0.955. The molecule has 1 heterocycles. The molecule has 21 heavy (non-hydrogen) atoms. The second kappa shape index (κ2) is 6.54. The summed E-state index contributed by atoms with van der Waals surface area (Å²) in [4.78, 5) is 14.3. The summed E-state index contributed by atoms with van der Waals surface area (Å²) in [5.74, 6) is 1.43. The Bertz CT molecular complexity index is 659. The van der Waals surface area contributed by atoms with Crippen molar-refractivity contribution in [3.8, 4) is 0 Å². The van der Waals surface area contributed by atoms with Crippen LogP contribution in [-0.2, 0) is 17.0 Å². The maximum Gasteiger partial charge on any atom is 0.237 e. The van der Waals surface area contributed by atoms with Gasteiger partial charge in [-0.05, 0) is 29.7 Å². The minimum atomic E-state index is 0.178. The summed E-state index contributed by atoms with van der Waals surface area (Å²) in [6.45, 7) is 0.796. The number of fused-ring (bicyclic) bond motifs is 1. The summed E-state index contributed by atoms with van der Waals surface area (Å²) in [5.41, 5.74) is 3.42. The lowest BCUT2D eigenvalue weighted by Crippen LogP contribution is -2.30. The molecule has 2 nitrogen and oxygen atoms in total. The highest BCUT2D eigenvalue weighted by molar-refractivity contribution is 7.99. The maximum atomic E-state index is 12.4.